The van der Waals surface area contributed by atoms with Crippen molar-refractivity contribution in [3.63, 3.8) is 0 Å². The maximum absolute atomic E-state index is 11.2. The highest BCUT2D eigenvalue weighted by molar-refractivity contribution is 9.10. The van der Waals surface area contributed by atoms with Crippen LogP contribution < -0.4 is 0 Å². The van der Waals surface area contributed by atoms with Gasteiger partial charge in [0.25, 0.3) is 0 Å². The number of phenolic OH excluding ortho intramolecular Hbond substituents is 1. The van der Waals surface area contributed by atoms with Crippen LogP contribution in [0.4, 0.5) is 0 Å². The molecular weight excluding hydrogens is 296 g/mol. The van der Waals surface area contributed by atoms with Gasteiger partial charge in [0.15, 0.2) is 0 Å². The molecule has 0 aliphatic rings. The van der Waals surface area contributed by atoms with E-state index in [1.807, 2.05) is 20.8 Å². The van der Waals surface area contributed by atoms with Crippen LogP contribution in [0.25, 0.3) is 0 Å². The first-order chi connectivity index (χ1) is 8.09. The Kier molecular flexibility index (Phi) is 4.11. The van der Waals surface area contributed by atoms with Crippen molar-refractivity contribution in [2.24, 2.45) is 5.41 Å². The Morgan fingerprint density at radius 3 is 2.11 bits per heavy atom. The van der Waals surface area contributed by atoms with E-state index in [1.54, 1.807) is 13.8 Å². The summed E-state index contributed by atoms with van der Waals surface area (Å²) in [6.45, 7) is 8.99. The van der Waals surface area contributed by atoms with E-state index in [0.717, 1.165) is 21.2 Å². The summed E-state index contributed by atoms with van der Waals surface area (Å²) >= 11 is 3.50. The van der Waals surface area contributed by atoms with Crippen LogP contribution in [0.15, 0.2) is 4.47 Å². The molecule has 2 N–H and O–H groups in total. The predicted molar refractivity (Wildman–Crippen MR) is 75.1 cm³/mol. The molecule has 0 bridgehead atoms. The number of carbonyl (C=O) groups is 1. The van der Waals surface area contributed by atoms with Gasteiger partial charge in [-0.25, -0.2) is 0 Å². The summed E-state index contributed by atoms with van der Waals surface area (Å²) in [6.07, 6.45) is 0.305. The van der Waals surface area contributed by atoms with Crippen LogP contribution in [0.2, 0.25) is 0 Å². The molecule has 1 aromatic carbocycles. The molecule has 0 aliphatic carbocycles. The minimum absolute atomic E-state index is 0.211. The summed E-state index contributed by atoms with van der Waals surface area (Å²) in [6, 6.07) is 0. The van der Waals surface area contributed by atoms with Crippen molar-refractivity contribution in [1.82, 2.24) is 0 Å². The second-order valence-corrected chi connectivity index (χ2v) is 6.17. The molecule has 0 radical (unpaired) electrons. The Morgan fingerprint density at radius 1 is 1.17 bits per heavy atom. The highest BCUT2D eigenvalue weighted by Crippen LogP contribution is 2.38. The fourth-order valence-corrected chi connectivity index (χ4v) is 2.43. The van der Waals surface area contributed by atoms with E-state index in [-0.39, 0.29) is 5.75 Å². The molecule has 0 saturated heterocycles. The van der Waals surface area contributed by atoms with E-state index in [2.05, 4.69) is 15.9 Å². The van der Waals surface area contributed by atoms with Gasteiger partial charge in [-0.3, -0.25) is 4.79 Å². The summed E-state index contributed by atoms with van der Waals surface area (Å²) < 4.78 is 0.939. The zero-order chi connectivity index (χ0) is 14.2. The third kappa shape index (κ3) is 2.53. The standard InChI is InChI=1S/C14H19BrO3/c1-7-8(2)12(16)10(9(3)11(7)15)6-14(4,5)13(17)18/h16H,6H2,1-5H3,(H,17,18). The van der Waals surface area contributed by atoms with Crippen molar-refractivity contribution in [2.45, 2.75) is 41.0 Å². The van der Waals surface area contributed by atoms with Crippen LogP contribution in [0, 0.1) is 26.2 Å². The molecule has 0 saturated carbocycles. The van der Waals surface area contributed by atoms with Gasteiger partial charge in [0.2, 0.25) is 0 Å². The fraction of sp³-hybridized carbons (Fsp3) is 0.500. The average molecular weight is 315 g/mol. The molecule has 0 heterocycles. The van der Waals surface area contributed by atoms with Crippen molar-refractivity contribution in [3.8, 4) is 5.75 Å². The van der Waals surface area contributed by atoms with Crippen molar-refractivity contribution >= 4 is 21.9 Å². The number of benzene rings is 1. The fourth-order valence-electron chi connectivity index (χ4n) is 1.89. The number of aliphatic carboxylic acids is 1. The highest BCUT2D eigenvalue weighted by atomic mass is 79.9. The lowest BCUT2D eigenvalue weighted by Gasteiger charge is -2.23. The largest absolute Gasteiger partial charge is 0.507 e. The minimum Gasteiger partial charge on any atom is -0.507 e. The van der Waals surface area contributed by atoms with E-state index in [4.69, 9.17) is 0 Å². The number of hydrogen-bond acceptors (Lipinski definition) is 2. The van der Waals surface area contributed by atoms with Crippen LogP contribution in [0.5, 0.6) is 5.75 Å². The van der Waals surface area contributed by atoms with E-state index in [9.17, 15) is 15.0 Å². The Morgan fingerprint density at radius 2 is 1.67 bits per heavy atom. The Hall–Kier alpha value is -1.03. The van der Waals surface area contributed by atoms with Gasteiger partial charge in [0.1, 0.15) is 5.75 Å². The van der Waals surface area contributed by atoms with Crippen molar-refractivity contribution in [2.75, 3.05) is 0 Å². The van der Waals surface area contributed by atoms with E-state index in [0.29, 0.717) is 12.0 Å². The molecule has 0 amide bonds. The minimum atomic E-state index is -0.899. The Balaban J connectivity index is 3.39. The molecule has 0 aromatic heterocycles. The monoisotopic (exact) mass is 314 g/mol. The average Bonchev–Trinajstić information content (AvgIpc) is 2.29. The van der Waals surface area contributed by atoms with Gasteiger partial charge >= 0.3 is 5.97 Å². The summed E-state index contributed by atoms with van der Waals surface area (Å²) in [5.74, 6) is -0.654. The van der Waals surface area contributed by atoms with Gasteiger partial charge in [-0.15, -0.1) is 0 Å². The number of rotatable bonds is 3. The van der Waals surface area contributed by atoms with E-state index >= 15 is 0 Å². The predicted octanol–water partition coefficient (Wildman–Crippen LogP) is 3.73. The number of aromatic hydroxyl groups is 1. The molecule has 0 spiro atoms. The Labute approximate surface area is 116 Å². The molecule has 0 atom stereocenters. The first-order valence-corrected chi connectivity index (χ1v) is 6.59. The Bertz CT molecular complexity index is 475. The lowest BCUT2D eigenvalue weighted by atomic mass is 9.83. The quantitative estimate of drug-likeness (QED) is 0.893. The SMILES string of the molecule is Cc1c(C)c(Br)c(C)c(CC(C)(C)C(=O)O)c1O. The lowest BCUT2D eigenvalue weighted by Crippen LogP contribution is -2.26. The number of carboxylic acid groups (broad SMARTS) is 1. The molecule has 3 nitrogen and oxygen atoms in total. The molecule has 18 heavy (non-hydrogen) atoms. The van der Waals surface area contributed by atoms with Gasteiger partial charge in [-0.2, -0.15) is 0 Å². The topological polar surface area (TPSA) is 57.5 Å². The van der Waals surface area contributed by atoms with E-state index < -0.39 is 11.4 Å². The van der Waals surface area contributed by atoms with Crippen molar-refractivity contribution in [1.29, 1.82) is 0 Å². The molecule has 0 fully saturated rings. The van der Waals surface area contributed by atoms with Gasteiger partial charge in [0.05, 0.1) is 5.41 Å². The zero-order valence-electron chi connectivity index (χ0n) is 11.4. The third-order valence-corrected chi connectivity index (χ3v) is 4.70. The maximum Gasteiger partial charge on any atom is 0.309 e. The van der Waals surface area contributed by atoms with Crippen LogP contribution >= 0.6 is 15.9 Å². The van der Waals surface area contributed by atoms with Crippen LogP contribution in [0.1, 0.15) is 36.1 Å². The molecular formula is C14H19BrO3. The summed E-state index contributed by atoms with van der Waals surface area (Å²) in [7, 11) is 0. The molecule has 4 heteroatoms. The molecule has 0 unspecified atom stereocenters. The highest BCUT2D eigenvalue weighted by Gasteiger charge is 2.30. The normalized spacial score (nSPS) is 11.7. The van der Waals surface area contributed by atoms with Gasteiger partial charge in [-0.05, 0) is 63.3 Å². The van der Waals surface area contributed by atoms with Crippen LogP contribution in [-0.4, -0.2) is 16.2 Å². The smallest absolute Gasteiger partial charge is 0.309 e. The molecule has 0 aliphatic heterocycles. The lowest BCUT2D eigenvalue weighted by molar-refractivity contribution is -0.146. The first kappa shape index (κ1) is 15.0. The van der Waals surface area contributed by atoms with Gasteiger partial charge < -0.3 is 10.2 Å². The molecule has 1 aromatic rings. The number of hydrogen-bond donors (Lipinski definition) is 2. The second kappa shape index (κ2) is 4.92. The third-order valence-electron chi connectivity index (χ3n) is 3.51. The molecule has 100 valence electrons. The maximum atomic E-state index is 11.2. The number of halogens is 1. The first-order valence-electron chi connectivity index (χ1n) is 5.80. The zero-order valence-corrected chi connectivity index (χ0v) is 13.0. The number of phenols is 1. The summed E-state index contributed by atoms with van der Waals surface area (Å²) in [4.78, 5) is 11.2. The second-order valence-electron chi connectivity index (χ2n) is 5.38. The van der Waals surface area contributed by atoms with Gasteiger partial charge in [-0.1, -0.05) is 15.9 Å². The van der Waals surface area contributed by atoms with Gasteiger partial charge in [0, 0.05) is 4.47 Å². The summed E-state index contributed by atoms with van der Waals surface area (Å²) in [5, 5.41) is 19.4. The van der Waals surface area contributed by atoms with Crippen LogP contribution in [-0.2, 0) is 11.2 Å². The van der Waals surface area contributed by atoms with Crippen molar-refractivity contribution < 1.29 is 15.0 Å². The molecule has 1 rings (SSSR count). The van der Waals surface area contributed by atoms with Crippen LogP contribution in [0.3, 0.4) is 0 Å². The number of carboxylic acids is 1. The van der Waals surface area contributed by atoms with E-state index in [1.165, 1.54) is 0 Å². The van der Waals surface area contributed by atoms with Crippen molar-refractivity contribution in [3.05, 3.63) is 26.7 Å². The summed E-state index contributed by atoms with van der Waals surface area (Å²) in [5.41, 5.74) is 2.50.